The summed E-state index contributed by atoms with van der Waals surface area (Å²) in [7, 11) is -3.93. The number of halogens is 3. The lowest BCUT2D eigenvalue weighted by Gasteiger charge is -2.16. The molecule has 0 saturated carbocycles. The fourth-order valence-corrected chi connectivity index (χ4v) is 3.45. The summed E-state index contributed by atoms with van der Waals surface area (Å²) in [5.74, 6) is 0. The van der Waals surface area contributed by atoms with E-state index in [0.29, 0.717) is 13.1 Å². The molecule has 0 aliphatic carbocycles. The third kappa shape index (κ3) is 3.71. The SMILES string of the molecule is CC(CC(F)(F)F)NS(=O)(=O)c1ccc2c(c1)CNC2. The fraction of sp³-hybridized carbons (Fsp3) is 0.500. The van der Waals surface area contributed by atoms with Crippen LogP contribution in [-0.2, 0) is 23.1 Å². The predicted molar refractivity (Wildman–Crippen MR) is 67.4 cm³/mol. The summed E-state index contributed by atoms with van der Waals surface area (Å²) in [4.78, 5) is -0.00558. The first-order valence-electron chi connectivity index (χ1n) is 6.09. The maximum absolute atomic E-state index is 12.2. The molecule has 0 fully saturated rings. The van der Waals surface area contributed by atoms with Crippen molar-refractivity contribution in [1.82, 2.24) is 10.0 Å². The van der Waals surface area contributed by atoms with Crippen molar-refractivity contribution in [3.05, 3.63) is 29.3 Å². The van der Waals surface area contributed by atoms with E-state index in [4.69, 9.17) is 0 Å². The molecule has 1 aromatic carbocycles. The summed E-state index contributed by atoms with van der Waals surface area (Å²) >= 11 is 0. The Balaban J connectivity index is 2.14. The number of hydrogen-bond donors (Lipinski definition) is 2. The van der Waals surface area contributed by atoms with E-state index in [1.807, 2.05) is 0 Å². The van der Waals surface area contributed by atoms with Gasteiger partial charge >= 0.3 is 6.18 Å². The minimum Gasteiger partial charge on any atom is -0.309 e. The average Bonchev–Trinajstić information content (AvgIpc) is 2.71. The molecule has 8 heteroatoms. The Bertz CT molecular complexity index is 599. The van der Waals surface area contributed by atoms with Crippen molar-refractivity contribution in [3.8, 4) is 0 Å². The number of rotatable bonds is 4. The number of alkyl halides is 3. The predicted octanol–water partition coefficient (Wildman–Crippen LogP) is 1.91. The summed E-state index contributed by atoms with van der Waals surface area (Å²) in [6.07, 6.45) is -5.59. The molecule has 1 heterocycles. The van der Waals surface area contributed by atoms with Crippen LogP contribution in [0.15, 0.2) is 23.1 Å². The van der Waals surface area contributed by atoms with Gasteiger partial charge in [0.15, 0.2) is 0 Å². The number of sulfonamides is 1. The molecule has 1 aromatic rings. The first-order valence-corrected chi connectivity index (χ1v) is 7.57. The van der Waals surface area contributed by atoms with Gasteiger partial charge in [-0.1, -0.05) is 6.07 Å². The van der Waals surface area contributed by atoms with Crippen molar-refractivity contribution >= 4 is 10.0 Å². The number of benzene rings is 1. The van der Waals surface area contributed by atoms with Crippen LogP contribution < -0.4 is 10.0 Å². The minimum absolute atomic E-state index is 0.00558. The van der Waals surface area contributed by atoms with Crippen LogP contribution in [0.1, 0.15) is 24.5 Å². The lowest BCUT2D eigenvalue weighted by atomic mass is 10.1. The van der Waals surface area contributed by atoms with Gasteiger partial charge in [0.25, 0.3) is 0 Å². The van der Waals surface area contributed by atoms with Crippen molar-refractivity contribution in [2.45, 2.75) is 43.5 Å². The largest absolute Gasteiger partial charge is 0.390 e. The monoisotopic (exact) mass is 308 g/mol. The summed E-state index contributed by atoms with van der Waals surface area (Å²) in [6, 6.07) is 3.39. The Labute approximate surface area is 115 Å². The van der Waals surface area contributed by atoms with Crippen molar-refractivity contribution in [1.29, 1.82) is 0 Å². The maximum atomic E-state index is 12.2. The van der Waals surface area contributed by atoms with Gasteiger partial charge < -0.3 is 5.32 Å². The summed E-state index contributed by atoms with van der Waals surface area (Å²) in [5.41, 5.74) is 1.86. The minimum atomic E-state index is -4.40. The van der Waals surface area contributed by atoms with Gasteiger partial charge in [-0.05, 0) is 30.2 Å². The van der Waals surface area contributed by atoms with Gasteiger partial charge in [0.1, 0.15) is 0 Å². The van der Waals surface area contributed by atoms with E-state index < -0.39 is 28.7 Å². The van der Waals surface area contributed by atoms with Crippen LogP contribution in [0.2, 0.25) is 0 Å². The van der Waals surface area contributed by atoms with E-state index in [0.717, 1.165) is 11.1 Å². The summed E-state index contributed by atoms with van der Waals surface area (Å²) in [6.45, 7) is 2.43. The number of fused-ring (bicyclic) bond motifs is 1. The maximum Gasteiger partial charge on any atom is 0.390 e. The molecule has 112 valence electrons. The zero-order valence-corrected chi connectivity index (χ0v) is 11.6. The van der Waals surface area contributed by atoms with Crippen LogP contribution in [0.5, 0.6) is 0 Å². The van der Waals surface area contributed by atoms with Gasteiger partial charge in [-0.3, -0.25) is 0 Å². The third-order valence-electron chi connectivity index (χ3n) is 3.01. The van der Waals surface area contributed by atoms with Crippen molar-refractivity contribution < 1.29 is 21.6 Å². The first kappa shape index (κ1) is 15.3. The molecule has 2 N–H and O–H groups in total. The first-order chi connectivity index (χ1) is 9.17. The standard InChI is InChI=1S/C12H15F3N2O2S/c1-8(5-12(13,14)15)17-20(18,19)11-3-2-9-6-16-7-10(9)4-11/h2-4,8,16-17H,5-7H2,1H3. The molecule has 1 atom stereocenters. The zero-order valence-electron chi connectivity index (χ0n) is 10.8. The molecular weight excluding hydrogens is 293 g/mol. The number of nitrogens with one attached hydrogen (secondary N) is 2. The van der Waals surface area contributed by atoms with E-state index in [2.05, 4.69) is 10.0 Å². The van der Waals surface area contributed by atoms with Crippen LogP contribution >= 0.6 is 0 Å². The lowest BCUT2D eigenvalue weighted by Crippen LogP contribution is -2.35. The molecular formula is C12H15F3N2O2S. The van der Waals surface area contributed by atoms with E-state index >= 15 is 0 Å². The molecule has 20 heavy (non-hydrogen) atoms. The van der Waals surface area contributed by atoms with Crippen molar-refractivity contribution in [2.75, 3.05) is 0 Å². The molecule has 1 aliphatic heterocycles. The Morgan fingerprint density at radius 3 is 2.60 bits per heavy atom. The van der Waals surface area contributed by atoms with E-state index in [1.165, 1.54) is 19.1 Å². The molecule has 0 saturated heterocycles. The van der Waals surface area contributed by atoms with Crippen LogP contribution in [0.3, 0.4) is 0 Å². The van der Waals surface area contributed by atoms with Crippen LogP contribution in [0, 0.1) is 0 Å². The molecule has 1 aliphatic rings. The van der Waals surface area contributed by atoms with E-state index in [1.54, 1.807) is 6.07 Å². The quantitative estimate of drug-likeness (QED) is 0.893. The van der Waals surface area contributed by atoms with E-state index in [9.17, 15) is 21.6 Å². The molecule has 2 rings (SSSR count). The molecule has 0 spiro atoms. The Morgan fingerprint density at radius 1 is 1.30 bits per heavy atom. The van der Waals surface area contributed by atoms with Gasteiger partial charge in [0, 0.05) is 19.1 Å². The Hall–Kier alpha value is -1.12. The summed E-state index contributed by atoms with van der Waals surface area (Å²) in [5, 5.41) is 3.07. The smallest absolute Gasteiger partial charge is 0.309 e. The molecule has 4 nitrogen and oxygen atoms in total. The van der Waals surface area contributed by atoms with Gasteiger partial charge in [0.2, 0.25) is 10.0 Å². The highest BCUT2D eigenvalue weighted by Crippen LogP contribution is 2.23. The zero-order chi connectivity index (χ0) is 15.0. The van der Waals surface area contributed by atoms with Gasteiger partial charge in [-0.25, -0.2) is 13.1 Å². The van der Waals surface area contributed by atoms with Crippen LogP contribution in [0.25, 0.3) is 0 Å². The molecule has 0 bridgehead atoms. The van der Waals surface area contributed by atoms with Crippen LogP contribution in [-0.4, -0.2) is 20.6 Å². The average molecular weight is 308 g/mol. The van der Waals surface area contributed by atoms with Gasteiger partial charge in [-0.15, -0.1) is 0 Å². The topological polar surface area (TPSA) is 58.2 Å². The van der Waals surface area contributed by atoms with Crippen molar-refractivity contribution in [2.24, 2.45) is 0 Å². The Morgan fingerprint density at radius 2 is 1.95 bits per heavy atom. The summed E-state index contributed by atoms with van der Waals surface area (Å²) < 4.78 is 62.8. The second-order valence-electron chi connectivity index (χ2n) is 4.88. The molecule has 0 amide bonds. The van der Waals surface area contributed by atoms with Gasteiger partial charge in [-0.2, -0.15) is 13.2 Å². The second-order valence-corrected chi connectivity index (χ2v) is 6.59. The number of hydrogen-bond acceptors (Lipinski definition) is 3. The molecule has 0 aromatic heterocycles. The Kier molecular flexibility index (Phi) is 4.08. The molecule has 0 radical (unpaired) electrons. The fourth-order valence-electron chi connectivity index (χ4n) is 2.16. The highest BCUT2D eigenvalue weighted by Gasteiger charge is 2.32. The highest BCUT2D eigenvalue weighted by atomic mass is 32.2. The lowest BCUT2D eigenvalue weighted by molar-refractivity contribution is -0.137. The third-order valence-corrected chi connectivity index (χ3v) is 4.60. The second kappa shape index (κ2) is 5.34. The van der Waals surface area contributed by atoms with Gasteiger partial charge in [0.05, 0.1) is 11.3 Å². The highest BCUT2D eigenvalue weighted by molar-refractivity contribution is 7.89. The molecule has 1 unspecified atom stereocenters. The normalized spacial score (nSPS) is 17.0. The van der Waals surface area contributed by atoms with Crippen LogP contribution in [0.4, 0.5) is 13.2 Å². The van der Waals surface area contributed by atoms with Crippen molar-refractivity contribution in [3.63, 3.8) is 0 Å². The van der Waals surface area contributed by atoms with E-state index in [-0.39, 0.29) is 4.90 Å².